The van der Waals surface area contributed by atoms with Crippen LogP contribution in [0.2, 0.25) is 0 Å². The Hall–Kier alpha value is -1.95. The molecule has 2 aromatic rings. The van der Waals surface area contributed by atoms with Crippen LogP contribution in [0.15, 0.2) is 40.9 Å². The van der Waals surface area contributed by atoms with Gasteiger partial charge in [0, 0.05) is 11.4 Å². The Labute approximate surface area is 123 Å². The molecule has 6 heteroatoms. The summed E-state index contributed by atoms with van der Waals surface area (Å²) < 4.78 is 26.5. The number of nitrogens with one attached hydrogen (secondary N) is 2. The molecule has 0 unspecified atom stereocenters. The zero-order valence-corrected chi connectivity index (χ0v) is 12.1. The van der Waals surface area contributed by atoms with E-state index in [9.17, 15) is 13.6 Å². The molecule has 0 heterocycles. The molecule has 0 spiro atoms. The van der Waals surface area contributed by atoms with Gasteiger partial charge in [0.25, 0.3) is 0 Å². The van der Waals surface area contributed by atoms with Crippen LogP contribution in [0.3, 0.4) is 0 Å². The maximum atomic E-state index is 13.4. The predicted octanol–water partition coefficient (Wildman–Crippen LogP) is 4.68. The van der Waals surface area contributed by atoms with Crippen molar-refractivity contribution >= 4 is 33.3 Å². The molecular formula is C14H11BrF2N2O. The minimum Gasteiger partial charge on any atom is -0.308 e. The maximum absolute atomic E-state index is 13.4. The smallest absolute Gasteiger partial charge is 0.308 e. The van der Waals surface area contributed by atoms with Gasteiger partial charge in [0.15, 0.2) is 0 Å². The second-order valence-electron chi connectivity index (χ2n) is 4.17. The van der Waals surface area contributed by atoms with Crippen molar-refractivity contribution in [2.24, 2.45) is 0 Å². The van der Waals surface area contributed by atoms with Gasteiger partial charge in [-0.05, 0) is 64.8 Å². The van der Waals surface area contributed by atoms with Crippen LogP contribution in [0.5, 0.6) is 0 Å². The topological polar surface area (TPSA) is 41.1 Å². The molecule has 2 N–H and O–H groups in total. The standard InChI is InChI=1S/C14H11BrF2N2O/c1-8-6-11(15)12(17)7-13(8)19-14(20)18-10-4-2-9(16)3-5-10/h2-7H,1H3,(H2,18,19,20). The van der Waals surface area contributed by atoms with E-state index in [4.69, 9.17) is 0 Å². The molecule has 0 aromatic heterocycles. The Morgan fingerprint density at radius 2 is 1.75 bits per heavy atom. The molecule has 0 atom stereocenters. The van der Waals surface area contributed by atoms with Crippen LogP contribution in [-0.4, -0.2) is 6.03 Å². The van der Waals surface area contributed by atoms with Gasteiger partial charge in [0.2, 0.25) is 0 Å². The Kier molecular flexibility index (Phi) is 4.34. The predicted molar refractivity (Wildman–Crippen MR) is 77.9 cm³/mol. The van der Waals surface area contributed by atoms with E-state index in [-0.39, 0.29) is 5.82 Å². The third kappa shape index (κ3) is 3.54. The largest absolute Gasteiger partial charge is 0.323 e. The van der Waals surface area contributed by atoms with Crippen molar-refractivity contribution in [2.75, 3.05) is 10.6 Å². The van der Waals surface area contributed by atoms with Crippen molar-refractivity contribution in [1.29, 1.82) is 0 Å². The second kappa shape index (κ2) is 6.00. The van der Waals surface area contributed by atoms with Gasteiger partial charge in [0.05, 0.1) is 4.47 Å². The lowest BCUT2D eigenvalue weighted by atomic mass is 10.2. The normalized spacial score (nSPS) is 10.2. The van der Waals surface area contributed by atoms with E-state index in [2.05, 4.69) is 26.6 Å². The van der Waals surface area contributed by atoms with Gasteiger partial charge in [-0.1, -0.05) is 0 Å². The maximum Gasteiger partial charge on any atom is 0.323 e. The number of hydrogen-bond donors (Lipinski definition) is 2. The van der Waals surface area contributed by atoms with Crippen molar-refractivity contribution in [1.82, 2.24) is 0 Å². The number of aryl methyl sites for hydroxylation is 1. The van der Waals surface area contributed by atoms with Crippen LogP contribution < -0.4 is 10.6 Å². The first-order chi connectivity index (χ1) is 9.45. The first kappa shape index (κ1) is 14.5. The second-order valence-corrected chi connectivity index (χ2v) is 5.02. The number of halogens is 3. The van der Waals surface area contributed by atoms with E-state index in [1.54, 1.807) is 13.0 Å². The molecule has 0 radical (unpaired) electrons. The first-order valence-corrected chi connectivity index (χ1v) is 6.54. The van der Waals surface area contributed by atoms with Gasteiger partial charge in [-0.15, -0.1) is 0 Å². The number of carbonyl (C=O) groups is 1. The number of anilines is 2. The average Bonchev–Trinajstić information content (AvgIpc) is 2.39. The summed E-state index contributed by atoms with van der Waals surface area (Å²) in [7, 11) is 0. The summed E-state index contributed by atoms with van der Waals surface area (Å²) in [6.07, 6.45) is 0. The molecule has 0 saturated heterocycles. The van der Waals surface area contributed by atoms with E-state index in [1.165, 1.54) is 30.3 Å². The molecule has 0 fully saturated rings. The van der Waals surface area contributed by atoms with Gasteiger partial charge < -0.3 is 10.6 Å². The monoisotopic (exact) mass is 340 g/mol. The summed E-state index contributed by atoms with van der Waals surface area (Å²) in [4.78, 5) is 11.8. The highest BCUT2D eigenvalue weighted by molar-refractivity contribution is 9.10. The van der Waals surface area contributed by atoms with Crippen molar-refractivity contribution in [3.05, 3.63) is 58.1 Å². The SMILES string of the molecule is Cc1cc(Br)c(F)cc1NC(=O)Nc1ccc(F)cc1. The summed E-state index contributed by atoms with van der Waals surface area (Å²) in [5.41, 5.74) is 1.52. The minimum absolute atomic E-state index is 0.333. The van der Waals surface area contributed by atoms with Gasteiger partial charge >= 0.3 is 6.03 Å². The Morgan fingerprint density at radius 3 is 2.40 bits per heavy atom. The van der Waals surface area contributed by atoms with Crippen molar-refractivity contribution in [3.63, 3.8) is 0 Å². The highest BCUT2D eigenvalue weighted by Crippen LogP contribution is 2.24. The number of rotatable bonds is 2. The van der Waals surface area contributed by atoms with E-state index in [0.29, 0.717) is 21.4 Å². The Balaban J connectivity index is 2.08. The molecule has 0 bridgehead atoms. The van der Waals surface area contributed by atoms with Gasteiger partial charge in [-0.2, -0.15) is 0 Å². The van der Waals surface area contributed by atoms with Crippen LogP contribution in [0, 0.1) is 18.6 Å². The molecule has 104 valence electrons. The highest BCUT2D eigenvalue weighted by Gasteiger charge is 2.08. The zero-order valence-electron chi connectivity index (χ0n) is 10.5. The van der Waals surface area contributed by atoms with Gasteiger partial charge in [-0.3, -0.25) is 0 Å². The molecule has 2 amide bonds. The molecule has 0 saturated carbocycles. The van der Waals surface area contributed by atoms with Gasteiger partial charge in [0.1, 0.15) is 11.6 Å². The van der Waals surface area contributed by atoms with Crippen LogP contribution in [-0.2, 0) is 0 Å². The molecule has 20 heavy (non-hydrogen) atoms. The van der Waals surface area contributed by atoms with Crippen LogP contribution in [0.4, 0.5) is 25.0 Å². The number of urea groups is 1. The van der Waals surface area contributed by atoms with E-state index >= 15 is 0 Å². The lowest BCUT2D eigenvalue weighted by Crippen LogP contribution is -2.20. The van der Waals surface area contributed by atoms with Crippen molar-refractivity contribution in [2.45, 2.75) is 6.92 Å². The summed E-state index contributed by atoms with van der Waals surface area (Å²) in [5, 5.41) is 5.06. The third-order valence-corrected chi connectivity index (χ3v) is 3.23. The fraction of sp³-hybridized carbons (Fsp3) is 0.0714. The summed E-state index contributed by atoms with van der Waals surface area (Å²) in [5.74, 6) is -0.852. The first-order valence-electron chi connectivity index (χ1n) is 5.75. The lowest BCUT2D eigenvalue weighted by Gasteiger charge is -2.10. The Bertz CT molecular complexity index is 644. The molecule has 2 rings (SSSR count). The molecule has 0 aliphatic rings. The van der Waals surface area contributed by atoms with Gasteiger partial charge in [-0.25, -0.2) is 13.6 Å². The number of amides is 2. The Morgan fingerprint density at radius 1 is 1.10 bits per heavy atom. The molecule has 2 aromatic carbocycles. The van der Waals surface area contributed by atoms with Crippen molar-refractivity contribution in [3.8, 4) is 0 Å². The lowest BCUT2D eigenvalue weighted by molar-refractivity contribution is 0.262. The fourth-order valence-corrected chi connectivity index (χ4v) is 2.06. The van der Waals surface area contributed by atoms with Crippen LogP contribution >= 0.6 is 15.9 Å². The van der Waals surface area contributed by atoms with Crippen LogP contribution in [0.1, 0.15) is 5.56 Å². The summed E-state index contributed by atoms with van der Waals surface area (Å²) >= 11 is 3.07. The number of benzene rings is 2. The number of carbonyl (C=O) groups excluding carboxylic acids is 1. The van der Waals surface area contributed by atoms with E-state index < -0.39 is 11.8 Å². The summed E-state index contributed by atoms with van der Waals surface area (Å²) in [6, 6.07) is 7.61. The van der Waals surface area contributed by atoms with Crippen molar-refractivity contribution < 1.29 is 13.6 Å². The third-order valence-electron chi connectivity index (χ3n) is 2.62. The molecule has 0 aliphatic heterocycles. The average molecular weight is 341 g/mol. The van der Waals surface area contributed by atoms with E-state index in [0.717, 1.165) is 0 Å². The fourth-order valence-electron chi connectivity index (χ4n) is 1.60. The highest BCUT2D eigenvalue weighted by atomic mass is 79.9. The number of hydrogen-bond acceptors (Lipinski definition) is 1. The van der Waals surface area contributed by atoms with E-state index in [1.807, 2.05) is 0 Å². The minimum atomic E-state index is -0.526. The quantitative estimate of drug-likeness (QED) is 0.818. The zero-order chi connectivity index (χ0) is 14.7. The van der Waals surface area contributed by atoms with Crippen LogP contribution in [0.25, 0.3) is 0 Å². The molecule has 3 nitrogen and oxygen atoms in total. The molecular weight excluding hydrogens is 330 g/mol. The molecule has 0 aliphatic carbocycles. The summed E-state index contributed by atoms with van der Waals surface area (Å²) in [6.45, 7) is 1.75.